The van der Waals surface area contributed by atoms with Gasteiger partial charge in [-0.05, 0) is 32.0 Å². The summed E-state index contributed by atoms with van der Waals surface area (Å²) >= 11 is 2.86. The third-order valence-corrected chi connectivity index (χ3v) is 3.96. The van der Waals surface area contributed by atoms with E-state index in [4.69, 9.17) is 0 Å². The lowest BCUT2D eigenvalue weighted by Gasteiger charge is -2.12. The molecular formula is C14H13BrF3N3O. The molecule has 118 valence electrons. The second kappa shape index (κ2) is 5.75. The number of aryl methyl sites for hydroxylation is 2. The molecule has 0 atom stereocenters. The van der Waals surface area contributed by atoms with Crippen molar-refractivity contribution in [1.82, 2.24) is 9.78 Å². The Balaban J connectivity index is 2.33. The van der Waals surface area contributed by atoms with E-state index in [1.165, 1.54) is 12.1 Å². The first-order chi connectivity index (χ1) is 10.1. The number of carbonyl (C=O) groups is 1. The van der Waals surface area contributed by atoms with Crippen LogP contribution in [0.4, 0.5) is 18.9 Å². The SMILES string of the molecule is Cc1nn(C)c(C)c1C(=O)Nc1ccc(Br)c(C(F)(F)F)c1. The number of anilines is 1. The highest BCUT2D eigenvalue weighted by atomic mass is 79.9. The van der Waals surface area contributed by atoms with Crippen LogP contribution in [0, 0.1) is 13.8 Å². The summed E-state index contributed by atoms with van der Waals surface area (Å²) in [7, 11) is 1.69. The summed E-state index contributed by atoms with van der Waals surface area (Å²) in [5.74, 6) is -0.487. The van der Waals surface area contributed by atoms with Crippen molar-refractivity contribution in [2.24, 2.45) is 7.05 Å². The molecule has 8 heteroatoms. The third kappa shape index (κ3) is 3.16. The van der Waals surface area contributed by atoms with E-state index in [2.05, 4.69) is 26.3 Å². The number of carbonyl (C=O) groups excluding carboxylic acids is 1. The van der Waals surface area contributed by atoms with E-state index in [1.807, 2.05) is 0 Å². The molecule has 1 aromatic carbocycles. The van der Waals surface area contributed by atoms with Gasteiger partial charge in [0.2, 0.25) is 0 Å². The molecule has 1 N–H and O–H groups in total. The predicted octanol–water partition coefficient (Wildman–Crippen LogP) is 4.07. The quantitative estimate of drug-likeness (QED) is 0.859. The van der Waals surface area contributed by atoms with Crippen LogP contribution in [0.25, 0.3) is 0 Å². The summed E-state index contributed by atoms with van der Waals surface area (Å²) in [6.07, 6.45) is -4.50. The summed E-state index contributed by atoms with van der Waals surface area (Å²) in [5, 5.41) is 6.59. The Morgan fingerprint density at radius 2 is 1.95 bits per heavy atom. The first kappa shape index (κ1) is 16.5. The number of nitrogens with one attached hydrogen (secondary N) is 1. The molecule has 0 saturated heterocycles. The van der Waals surface area contributed by atoms with Crippen LogP contribution < -0.4 is 5.32 Å². The summed E-state index contributed by atoms with van der Waals surface area (Å²) in [6, 6.07) is 3.54. The predicted molar refractivity (Wildman–Crippen MR) is 79.8 cm³/mol. The molecule has 1 aromatic heterocycles. The molecule has 0 fully saturated rings. The molecule has 0 radical (unpaired) electrons. The van der Waals surface area contributed by atoms with E-state index in [0.29, 0.717) is 17.0 Å². The van der Waals surface area contributed by atoms with Crippen molar-refractivity contribution < 1.29 is 18.0 Å². The van der Waals surface area contributed by atoms with Gasteiger partial charge in [0, 0.05) is 22.9 Å². The molecule has 2 rings (SSSR count). The number of benzene rings is 1. The van der Waals surface area contributed by atoms with Crippen molar-refractivity contribution in [2.45, 2.75) is 20.0 Å². The average molecular weight is 376 g/mol. The maximum absolute atomic E-state index is 12.9. The van der Waals surface area contributed by atoms with Crippen LogP contribution in [0.15, 0.2) is 22.7 Å². The Bertz CT molecular complexity index is 738. The highest BCUT2D eigenvalue weighted by Gasteiger charge is 2.33. The Hall–Kier alpha value is -1.83. The molecular weight excluding hydrogens is 363 g/mol. The highest BCUT2D eigenvalue weighted by Crippen LogP contribution is 2.36. The Morgan fingerprint density at radius 1 is 1.32 bits per heavy atom. The van der Waals surface area contributed by atoms with Crippen LogP contribution in [0.1, 0.15) is 27.3 Å². The minimum Gasteiger partial charge on any atom is -0.322 e. The van der Waals surface area contributed by atoms with E-state index in [-0.39, 0.29) is 10.2 Å². The van der Waals surface area contributed by atoms with Gasteiger partial charge in [0.05, 0.1) is 16.8 Å². The van der Waals surface area contributed by atoms with Gasteiger partial charge in [0.15, 0.2) is 0 Å². The molecule has 0 unspecified atom stereocenters. The van der Waals surface area contributed by atoms with Crippen LogP contribution in [-0.4, -0.2) is 15.7 Å². The van der Waals surface area contributed by atoms with Crippen LogP contribution in [0.3, 0.4) is 0 Å². The molecule has 0 aliphatic rings. The van der Waals surface area contributed by atoms with Gasteiger partial charge >= 0.3 is 6.18 Å². The van der Waals surface area contributed by atoms with Gasteiger partial charge in [-0.1, -0.05) is 15.9 Å². The second-order valence-corrected chi connectivity index (χ2v) is 5.67. The standard InChI is InChI=1S/C14H13BrF3N3O/c1-7-12(8(2)21(3)20-7)13(22)19-9-4-5-11(15)10(6-9)14(16,17)18/h4-6H,1-3H3,(H,19,22). The molecule has 2 aromatic rings. The molecule has 1 heterocycles. The molecule has 0 aliphatic carbocycles. The van der Waals surface area contributed by atoms with E-state index < -0.39 is 17.6 Å². The second-order valence-electron chi connectivity index (χ2n) is 4.82. The third-order valence-electron chi connectivity index (χ3n) is 3.27. The van der Waals surface area contributed by atoms with Gasteiger partial charge in [-0.25, -0.2) is 0 Å². The van der Waals surface area contributed by atoms with E-state index in [0.717, 1.165) is 6.07 Å². The first-order valence-electron chi connectivity index (χ1n) is 6.29. The van der Waals surface area contributed by atoms with E-state index in [1.54, 1.807) is 25.6 Å². The van der Waals surface area contributed by atoms with Gasteiger partial charge in [-0.3, -0.25) is 9.48 Å². The number of hydrogen-bond acceptors (Lipinski definition) is 2. The van der Waals surface area contributed by atoms with Gasteiger partial charge in [0.1, 0.15) is 0 Å². The topological polar surface area (TPSA) is 46.9 Å². The molecule has 22 heavy (non-hydrogen) atoms. The van der Waals surface area contributed by atoms with Crippen molar-refractivity contribution in [2.75, 3.05) is 5.32 Å². The maximum atomic E-state index is 12.9. The maximum Gasteiger partial charge on any atom is 0.417 e. The summed E-state index contributed by atoms with van der Waals surface area (Å²) in [6.45, 7) is 3.39. The lowest BCUT2D eigenvalue weighted by atomic mass is 10.1. The Labute approximate surface area is 133 Å². The van der Waals surface area contributed by atoms with Crippen molar-refractivity contribution in [1.29, 1.82) is 0 Å². The largest absolute Gasteiger partial charge is 0.417 e. The minimum atomic E-state index is -4.50. The van der Waals surface area contributed by atoms with Crippen molar-refractivity contribution in [3.63, 3.8) is 0 Å². The Morgan fingerprint density at radius 3 is 2.45 bits per heavy atom. The van der Waals surface area contributed by atoms with Crippen LogP contribution in [0.5, 0.6) is 0 Å². The minimum absolute atomic E-state index is 0.0724. The summed E-state index contributed by atoms with van der Waals surface area (Å²) in [4.78, 5) is 12.3. The van der Waals surface area contributed by atoms with E-state index in [9.17, 15) is 18.0 Å². The fourth-order valence-corrected chi connectivity index (χ4v) is 2.59. The van der Waals surface area contributed by atoms with Gasteiger partial charge in [0.25, 0.3) is 5.91 Å². The number of halogens is 4. The zero-order valence-corrected chi connectivity index (χ0v) is 13.6. The highest BCUT2D eigenvalue weighted by molar-refractivity contribution is 9.10. The summed E-state index contributed by atoms with van der Waals surface area (Å²) < 4.78 is 40.1. The summed E-state index contributed by atoms with van der Waals surface area (Å²) in [5.41, 5.74) is 0.751. The number of hydrogen-bond donors (Lipinski definition) is 1. The van der Waals surface area contributed by atoms with E-state index >= 15 is 0 Å². The molecule has 0 aliphatic heterocycles. The smallest absolute Gasteiger partial charge is 0.322 e. The van der Waals surface area contributed by atoms with Crippen molar-refractivity contribution in [3.05, 3.63) is 45.2 Å². The number of rotatable bonds is 2. The van der Waals surface area contributed by atoms with Gasteiger partial charge in [-0.2, -0.15) is 18.3 Å². The monoisotopic (exact) mass is 375 g/mol. The number of amides is 1. The lowest BCUT2D eigenvalue weighted by molar-refractivity contribution is -0.138. The van der Waals surface area contributed by atoms with Crippen LogP contribution in [-0.2, 0) is 13.2 Å². The molecule has 0 spiro atoms. The average Bonchev–Trinajstić information content (AvgIpc) is 2.64. The zero-order valence-electron chi connectivity index (χ0n) is 12.0. The van der Waals surface area contributed by atoms with Crippen molar-refractivity contribution in [3.8, 4) is 0 Å². The fraction of sp³-hybridized carbons (Fsp3) is 0.286. The zero-order chi connectivity index (χ0) is 16.7. The number of nitrogens with zero attached hydrogens (tertiary/aromatic N) is 2. The molecule has 4 nitrogen and oxygen atoms in total. The van der Waals surface area contributed by atoms with Crippen LogP contribution >= 0.6 is 15.9 Å². The van der Waals surface area contributed by atoms with Gasteiger partial charge in [-0.15, -0.1) is 0 Å². The number of aromatic nitrogens is 2. The van der Waals surface area contributed by atoms with Gasteiger partial charge < -0.3 is 5.32 Å². The molecule has 0 saturated carbocycles. The van der Waals surface area contributed by atoms with Crippen LogP contribution in [0.2, 0.25) is 0 Å². The van der Waals surface area contributed by atoms with Crippen molar-refractivity contribution >= 4 is 27.5 Å². The number of alkyl halides is 3. The first-order valence-corrected chi connectivity index (χ1v) is 7.09. The Kier molecular flexibility index (Phi) is 4.32. The lowest BCUT2D eigenvalue weighted by Crippen LogP contribution is -2.15. The normalized spacial score (nSPS) is 11.6. The molecule has 0 bridgehead atoms. The molecule has 1 amide bonds. The fourth-order valence-electron chi connectivity index (χ4n) is 2.12.